The predicted molar refractivity (Wildman–Crippen MR) is 59.0 cm³/mol. The third kappa shape index (κ3) is 1.73. The molecule has 0 saturated carbocycles. The van der Waals surface area contributed by atoms with E-state index in [1.54, 1.807) is 6.07 Å². The molecule has 0 unspecified atom stereocenters. The highest BCUT2D eigenvalue weighted by Gasteiger charge is 2.30. The molecule has 1 heterocycles. The van der Waals surface area contributed by atoms with Gasteiger partial charge in [0.15, 0.2) is 5.69 Å². The van der Waals surface area contributed by atoms with Crippen molar-refractivity contribution < 1.29 is 14.6 Å². The van der Waals surface area contributed by atoms with Gasteiger partial charge in [0.25, 0.3) is 5.69 Å². The lowest BCUT2D eigenvalue weighted by molar-refractivity contribution is -0.384. The number of hydrogen-bond donors (Lipinski definition) is 0. The Bertz CT molecular complexity index is 463. The summed E-state index contributed by atoms with van der Waals surface area (Å²) in [7, 11) is 0. The summed E-state index contributed by atoms with van der Waals surface area (Å²) in [6, 6.07) is 3.18. The summed E-state index contributed by atoms with van der Waals surface area (Å²) in [5.41, 5.74) is 1.09. The molecule has 0 saturated heterocycles. The van der Waals surface area contributed by atoms with Gasteiger partial charge in [-0.3, -0.25) is 14.9 Å². The third-order valence-electron chi connectivity index (χ3n) is 2.33. The first-order valence-electron chi connectivity index (χ1n) is 4.48. The fourth-order valence-corrected chi connectivity index (χ4v) is 2.24. The molecule has 0 aliphatic carbocycles. The van der Waals surface area contributed by atoms with Gasteiger partial charge in [0.1, 0.15) is 0 Å². The zero-order valence-electron chi connectivity index (χ0n) is 8.05. The van der Waals surface area contributed by atoms with Crippen LogP contribution in [0.25, 0.3) is 0 Å². The molecule has 0 spiro atoms. The molecule has 16 heavy (non-hydrogen) atoms. The zero-order valence-corrected chi connectivity index (χ0v) is 9.64. The summed E-state index contributed by atoms with van der Waals surface area (Å²) in [5, 5.41) is 12.1. The number of nitrogens with zero attached hydrogens (tertiary/aromatic N) is 2. The van der Waals surface area contributed by atoms with E-state index in [2.05, 4.69) is 15.9 Å². The van der Waals surface area contributed by atoms with Gasteiger partial charge in [-0.1, -0.05) is 15.9 Å². The minimum absolute atomic E-state index is 0.0660. The molecule has 0 atom stereocenters. The van der Waals surface area contributed by atoms with Gasteiger partial charge in [-0.05, 0) is 18.1 Å². The zero-order chi connectivity index (χ0) is 11.7. The van der Waals surface area contributed by atoms with Crippen LogP contribution >= 0.6 is 15.9 Å². The molecule has 1 aliphatic heterocycles. The molecule has 0 bridgehead atoms. The maximum absolute atomic E-state index is 10.9. The lowest BCUT2D eigenvalue weighted by atomic mass is 10.1. The van der Waals surface area contributed by atoms with Crippen molar-refractivity contribution in [3.63, 3.8) is 0 Å². The SMILES string of the molecule is O=CON1CCc2cc(Br)cc([N+](=O)[O-])c21. The van der Waals surface area contributed by atoms with E-state index < -0.39 is 4.92 Å². The van der Waals surface area contributed by atoms with Gasteiger partial charge in [-0.15, -0.1) is 0 Å². The summed E-state index contributed by atoms with van der Waals surface area (Å²) in [6.07, 6.45) is 0.615. The van der Waals surface area contributed by atoms with Crippen molar-refractivity contribution in [2.45, 2.75) is 6.42 Å². The maximum atomic E-state index is 10.9. The molecule has 0 N–H and O–H groups in total. The molecule has 0 amide bonds. The molecule has 1 aromatic rings. The van der Waals surface area contributed by atoms with Gasteiger partial charge in [-0.25, -0.2) is 0 Å². The smallest absolute Gasteiger partial charge is 0.320 e. The van der Waals surface area contributed by atoms with Crippen molar-refractivity contribution in [1.29, 1.82) is 0 Å². The number of fused-ring (bicyclic) bond motifs is 1. The van der Waals surface area contributed by atoms with Crippen LogP contribution in [0.1, 0.15) is 5.56 Å². The fraction of sp³-hybridized carbons (Fsp3) is 0.222. The monoisotopic (exact) mass is 286 g/mol. The number of anilines is 1. The number of rotatable bonds is 3. The van der Waals surface area contributed by atoms with E-state index in [0.29, 0.717) is 23.1 Å². The largest absolute Gasteiger partial charge is 0.344 e. The molecule has 7 heteroatoms. The standard InChI is InChI=1S/C9H7BrN2O4/c10-7-3-6-1-2-11(16-5-13)9(6)8(4-7)12(14)15/h3-5H,1-2H2. The number of benzene rings is 1. The number of halogens is 1. The maximum Gasteiger partial charge on any atom is 0.320 e. The van der Waals surface area contributed by atoms with Crippen molar-refractivity contribution >= 4 is 33.8 Å². The van der Waals surface area contributed by atoms with Crippen molar-refractivity contribution in [1.82, 2.24) is 0 Å². The second-order valence-electron chi connectivity index (χ2n) is 3.24. The molecule has 0 fully saturated rings. The highest BCUT2D eigenvalue weighted by molar-refractivity contribution is 9.10. The van der Waals surface area contributed by atoms with E-state index in [9.17, 15) is 14.9 Å². The van der Waals surface area contributed by atoms with E-state index in [4.69, 9.17) is 4.84 Å². The van der Waals surface area contributed by atoms with E-state index in [0.717, 1.165) is 5.56 Å². The van der Waals surface area contributed by atoms with Gasteiger partial charge >= 0.3 is 6.47 Å². The molecule has 6 nitrogen and oxygen atoms in total. The van der Waals surface area contributed by atoms with Crippen LogP contribution in [0.4, 0.5) is 11.4 Å². The normalized spacial score (nSPS) is 13.4. The van der Waals surface area contributed by atoms with Crippen LogP contribution in [0, 0.1) is 10.1 Å². The topological polar surface area (TPSA) is 72.7 Å². The summed E-state index contributed by atoms with van der Waals surface area (Å²) in [5.74, 6) is 0. The van der Waals surface area contributed by atoms with Gasteiger partial charge in [-0.2, -0.15) is 5.06 Å². The number of carbonyl (C=O) groups is 1. The van der Waals surface area contributed by atoms with Crippen LogP contribution in [-0.2, 0) is 16.1 Å². The second kappa shape index (κ2) is 4.09. The average molecular weight is 287 g/mol. The molecule has 0 radical (unpaired) electrons. The average Bonchev–Trinajstić information content (AvgIpc) is 2.60. The van der Waals surface area contributed by atoms with Gasteiger partial charge in [0.05, 0.1) is 11.5 Å². The van der Waals surface area contributed by atoms with Crippen LogP contribution in [0.5, 0.6) is 0 Å². The molecule has 1 aliphatic rings. The second-order valence-corrected chi connectivity index (χ2v) is 4.16. The number of nitro benzene ring substituents is 1. The van der Waals surface area contributed by atoms with Crippen molar-refractivity contribution in [3.8, 4) is 0 Å². The Kier molecular flexibility index (Phi) is 2.78. The Balaban J connectivity index is 2.54. The van der Waals surface area contributed by atoms with Crippen LogP contribution in [0.3, 0.4) is 0 Å². The Morgan fingerprint density at radius 3 is 2.94 bits per heavy atom. The number of carbonyl (C=O) groups excluding carboxylic acids is 1. The highest BCUT2D eigenvalue weighted by atomic mass is 79.9. The first-order chi connectivity index (χ1) is 7.63. The van der Waals surface area contributed by atoms with Crippen LogP contribution in [-0.4, -0.2) is 17.9 Å². The number of hydroxylamine groups is 1. The quantitative estimate of drug-likeness (QED) is 0.481. The minimum Gasteiger partial charge on any atom is -0.344 e. The molecule has 2 rings (SSSR count). The first-order valence-corrected chi connectivity index (χ1v) is 5.27. The van der Waals surface area contributed by atoms with Gasteiger partial charge in [0.2, 0.25) is 0 Å². The van der Waals surface area contributed by atoms with E-state index >= 15 is 0 Å². The molecule has 0 aromatic heterocycles. The predicted octanol–water partition coefficient (Wildman–Crippen LogP) is 1.81. The molecule has 84 valence electrons. The molecular formula is C9H7BrN2O4. The molecular weight excluding hydrogens is 280 g/mol. The van der Waals surface area contributed by atoms with E-state index in [1.165, 1.54) is 11.1 Å². The Labute approximate surface area is 99.0 Å². The lowest BCUT2D eigenvalue weighted by Gasteiger charge is -2.14. The Hall–Kier alpha value is -1.63. The van der Waals surface area contributed by atoms with Crippen LogP contribution < -0.4 is 5.06 Å². The summed E-state index contributed by atoms with van der Waals surface area (Å²) >= 11 is 3.21. The minimum atomic E-state index is -0.490. The van der Waals surface area contributed by atoms with Gasteiger partial charge in [0, 0.05) is 10.5 Å². The summed E-state index contributed by atoms with van der Waals surface area (Å²) in [6.45, 7) is 0.701. The van der Waals surface area contributed by atoms with Crippen LogP contribution in [0.15, 0.2) is 16.6 Å². The Morgan fingerprint density at radius 2 is 2.31 bits per heavy atom. The summed E-state index contributed by atoms with van der Waals surface area (Å²) in [4.78, 5) is 25.4. The van der Waals surface area contributed by atoms with Crippen molar-refractivity contribution in [3.05, 3.63) is 32.3 Å². The van der Waals surface area contributed by atoms with Crippen molar-refractivity contribution in [2.75, 3.05) is 11.6 Å². The Morgan fingerprint density at radius 1 is 1.56 bits per heavy atom. The fourth-order valence-electron chi connectivity index (χ4n) is 1.75. The number of nitro groups is 1. The third-order valence-corrected chi connectivity index (χ3v) is 2.79. The van der Waals surface area contributed by atoms with Gasteiger partial charge < -0.3 is 4.84 Å². The highest BCUT2D eigenvalue weighted by Crippen LogP contribution is 2.39. The summed E-state index contributed by atoms with van der Waals surface area (Å²) < 4.78 is 0.644. The van der Waals surface area contributed by atoms with E-state index in [-0.39, 0.29) is 12.2 Å². The van der Waals surface area contributed by atoms with E-state index in [1.807, 2.05) is 0 Å². The van der Waals surface area contributed by atoms with Crippen molar-refractivity contribution in [2.24, 2.45) is 0 Å². The first kappa shape index (κ1) is 10.9. The van der Waals surface area contributed by atoms with Crippen LogP contribution in [0.2, 0.25) is 0 Å². The number of hydrogen-bond acceptors (Lipinski definition) is 5. The molecule has 1 aromatic carbocycles. The lowest BCUT2D eigenvalue weighted by Crippen LogP contribution is -2.20.